The average molecular weight is 178 g/mol. The van der Waals surface area contributed by atoms with Gasteiger partial charge in [0.25, 0.3) is 0 Å². The van der Waals surface area contributed by atoms with Gasteiger partial charge in [0, 0.05) is 19.1 Å². The molecule has 1 saturated heterocycles. The summed E-state index contributed by atoms with van der Waals surface area (Å²) in [6, 6.07) is 10.1. The summed E-state index contributed by atoms with van der Waals surface area (Å²) in [5.41, 5.74) is 1.18. The van der Waals surface area contributed by atoms with Crippen molar-refractivity contribution in [1.29, 1.82) is 0 Å². The van der Waals surface area contributed by atoms with E-state index < -0.39 is 0 Å². The van der Waals surface area contributed by atoms with E-state index in [1.165, 1.54) is 5.56 Å². The fourth-order valence-electron chi connectivity index (χ4n) is 1.83. The van der Waals surface area contributed by atoms with E-state index in [9.17, 15) is 0 Å². The Balaban J connectivity index is 2.16. The SMILES string of the molecule is OCC1CCOC1c1ccccc1. The van der Waals surface area contributed by atoms with Crippen LogP contribution in [0.15, 0.2) is 30.3 Å². The standard InChI is InChI=1S/C11H14O2/c12-8-10-6-7-13-11(10)9-4-2-1-3-5-9/h1-5,10-12H,6-8H2. The van der Waals surface area contributed by atoms with Crippen molar-refractivity contribution in [3.63, 3.8) is 0 Å². The van der Waals surface area contributed by atoms with Crippen molar-refractivity contribution in [2.45, 2.75) is 12.5 Å². The van der Waals surface area contributed by atoms with Gasteiger partial charge in [-0.15, -0.1) is 0 Å². The molecule has 0 aliphatic carbocycles. The molecule has 2 unspecified atom stereocenters. The molecule has 2 heteroatoms. The topological polar surface area (TPSA) is 29.5 Å². The second kappa shape index (κ2) is 3.90. The summed E-state index contributed by atoms with van der Waals surface area (Å²) < 4.78 is 5.58. The minimum Gasteiger partial charge on any atom is -0.396 e. The number of aliphatic hydroxyl groups excluding tert-OH is 1. The van der Waals surface area contributed by atoms with E-state index in [1.807, 2.05) is 18.2 Å². The molecule has 1 heterocycles. The average Bonchev–Trinajstić information content (AvgIpc) is 2.67. The van der Waals surface area contributed by atoms with E-state index in [-0.39, 0.29) is 18.6 Å². The van der Waals surface area contributed by atoms with Gasteiger partial charge in [0.05, 0.1) is 6.10 Å². The molecule has 1 aliphatic rings. The molecular formula is C11H14O2. The molecule has 13 heavy (non-hydrogen) atoms. The van der Waals surface area contributed by atoms with Crippen LogP contribution >= 0.6 is 0 Å². The lowest BCUT2D eigenvalue weighted by Gasteiger charge is -2.16. The van der Waals surface area contributed by atoms with Crippen LogP contribution in [0.5, 0.6) is 0 Å². The van der Waals surface area contributed by atoms with Gasteiger partial charge >= 0.3 is 0 Å². The van der Waals surface area contributed by atoms with Crippen LogP contribution in [-0.2, 0) is 4.74 Å². The molecule has 0 bridgehead atoms. The first-order valence-corrected chi connectivity index (χ1v) is 4.69. The molecular weight excluding hydrogens is 164 g/mol. The molecule has 0 spiro atoms. The molecule has 2 nitrogen and oxygen atoms in total. The van der Waals surface area contributed by atoms with Crippen LogP contribution in [-0.4, -0.2) is 18.3 Å². The van der Waals surface area contributed by atoms with Crippen molar-refractivity contribution in [3.05, 3.63) is 35.9 Å². The minimum absolute atomic E-state index is 0.103. The summed E-state index contributed by atoms with van der Waals surface area (Å²) in [5.74, 6) is 0.280. The monoisotopic (exact) mass is 178 g/mol. The quantitative estimate of drug-likeness (QED) is 0.747. The Bertz CT molecular complexity index is 258. The lowest BCUT2D eigenvalue weighted by Crippen LogP contribution is -2.11. The summed E-state index contributed by atoms with van der Waals surface area (Å²) in [5, 5.41) is 9.12. The Morgan fingerprint density at radius 3 is 2.77 bits per heavy atom. The first kappa shape index (κ1) is 8.73. The second-order valence-corrected chi connectivity index (χ2v) is 3.43. The van der Waals surface area contributed by atoms with Crippen LogP contribution in [0.2, 0.25) is 0 Å². The fourth-order valence-corrected chi connectivity index (χ4v) is 1.83. The smallest absolute Gasteiger partial charge is 0.0875 e. The normalized spacial score (nSPS) is 27.8. The minimum atomic E-state index is 0.103. The van der Waals surface area contributed by atoms with Crippen LogP contribution in [0.25, 0.3) is 0 Å². The van der Waals surface area contributed by atoms with Gasteiger partial charge < -0.3 is 9.84 Å². The molecule has 0 aromatic heterocycles. The van der Waals surface area contributed by atoms with Gasteiger partial charge in [-0.2, -0.15) is 0 Å². The first-order valence-electron chi connectivity index (χ1n) is 4.69. The lowest BCUT2D eigenvalue weighted by atomic mass is 9.96. The molecule has 0 radical (unpaired) electrons. The number of hydrogen-bond donors (Lipinski definition) is 1. The van der Waals surface area contributed by atoms with Crippen molar-refractivity contribution in [2.75, 3.05) is 13.2 Å². The number of ether oxygens (including phenoxy) is 1. The Labute approximate surface area is 78.2 Å². The zero-order valence-electron chi connectivity index (χ0n) is 7.52. The molecule has 70 valence electrons. The molecule has 0 amide bonds. The predicted octanol–water partition coefficient (Wildman–Crippen LogP) is 1.76. The number of hydrogen-bond acceptors (Lipinski definition) is 2. The highest BCUT2D eigenvalue weighted by Crippen LogP contribution is 2.33. The van der Waals surface area contributed by atoms with Crippen molar-refractivity contribution in [2.24, 2.45) is 5.92 Å². The van der Waals surface area contributed by atoms with E-state index in [4.69, 9.17) is 9.84 Å². The molecule has 1 aliphatic heterocycles. The zero-order valence-corrected chi connectivity index (χ0v) is 7.52. The highest BCUT2D eigenvalue weighted by molar-refractivity contribution is 5.19. The van der Waals surface area contributed by atoms with E-state index in [0.717, 1.165) is 13.0 Å². The van der Waals surface area contributed by atoms with Crippen LogP contribution in [0, 0.1) is 5.92 Å². The zero-order chi connectivity index (χ0) is 9.10. The highest BCUT2D eigenvalue weighted by Gasteiger charge is 2.28. The largest absolute Gasteiger partial charge is 0.396 e. The molecule has 1 fully saturated rings. The molecule has 2 rings (SSSR count). The maximum atomic E-state index is 9.12. The Morgan fingerprint density at radius 1 is 1.31 bits per heavy atom. The fraction of sp³-hybridized carbons (Fsp3) is 0.455. The van der Waals surface area contributed by atoms with E-state index in [0.29, 0.717) is 0 Å². The Kier molecular flexibility index (Phi) is 2.62. The van der Waals surface area contributed by atoms with Gasteiger partial charge in [-0.3, -0.25) is 0 Å². The van der Waals surface area contributed by atoms with Crippen molar-refractivity contribution in [1.82, 2.24) is 0 Å². The summed E-state index contributed by atoms with van der Waals surface area (Å²) in [6.45, 7) is 0.990. The summed E-state index contributed by atoms with van der Waals surface area (Å²) in [6.07, 6.45) is 1.07. The van der Waals surface area contributed by atoms with Gasteiger partial charge in [-0.1, -0.05) is 30.3 Å². The second-order valence-electron chi connectivity index (χ2n) is 3.43. The molecule has 1 N–H and O–H groups in total. The van der Waals surface area contributed by atoms with Gasteiger partial charge in [0.15, 0.2) is 0 Å². The van der Waals surface area contributed by atoms with Crippen molar-refractivity contribution >= 4 is 0 Å². The maximum absolute atomic E-state index is 9.12. The van der Waals surface area contributed by atoms with Crippen LogP contribution in [0.1, 0.15) is 18.1 Å². The third kappa shape index (κ3) is 1.74. The lowest BCUT2D eigenvalue weighted by molar-refractivity contribution is 0.0720. The van der Waals surface area contributed by atoms with E-state index >= 15 is 0 Å². The summed E-state index contributed by atoms with van der Waals surface area (Å²) >= 11 is 0. The van der Waals surface area contributed by atoms with Crippen LogP contribution in [0.3, 0.4) is 0 Å². The third-order valence-corrected chi connectivity index (χ3v) is 2.58. The predicted molar refractivity (Wildman–Crippen MR) is 50.3 cm³/mol. The van der Waals surface area contributed by atoms with Crippen LogP contribution in [0.4, 0.5) is 0 Å². The van der Waals surface area contributed by atoms with Crippen LogP contribution < -0.4 is 0 Å². The summed E-state index contributed by atoms with van der Waals surface area (Å²) in [4.78, 5) is 0. The first-order chi connectivity index (χ1) is 6.42. The van der Waals surface area contributed by atoms with Gasteiger partial charge in [0.2, 0.25) is 0 Å². The van der Waals surface area contributed by atoms with Gasteiger partial charge in [0.1, 0.15) is 0 Å². The number of rotatable bonds is 2. The number of aliphatic hydroxyl groups is 1. The van der Waals surface area contributed by atoms with Crippen molar-refractivity contribution < 1.29 is 9.84 Å². The van der Waals surface area contributed by atoms with E-state index in [2.05, 4.69) is 12.1 Å². The maximum Gasteiger partial charge on any atom is 0.0875 e. The molecule has 1 aromatic rings. The van der Waals surface area contributed by atoms with Crippen molar-refractivity contribution in [3.8, 4) is 0 Å². The molecule has 2 atom stereocenters. The molecule has 1 aromatic carbocycles. The number of benzene rings is 1. The Morgan fingerprint density at radius 2 is 2.08 bits per heavy atom. The molecule has 0 saturated carbocycles. The van der Waals surface area contributed by atoms with E-state index in [1.54, 1.807) is 0 Å². The third-order valence-electron chi connectivity index (χ3n) is 2.58. The highest BCUT2D eigenvalue weighted by atomic mass is 16.5. The summed E-state index contributed by atoms with van der Waals surface area (Å²) in [7, 11) is 0. The van der Waals surface area contributed by atoms with Gasteiger partial charge in [-0.25, -0.2) is 0 Å². The van der Waals surface area contributed by atoms with Gasteiger partial charge in [-0.05, 0) is 12.0 Å². The Hall–Kier alpha value is -0.860.